The van der Waals surface area contributed by atoms with Crippen LogP contribution in [0.4, 0.5) is 0 Å². The molecule has 0 saturated heterocycles. The Morgan fingerprint density at radius 3 is 2.50 bits per heavy atom. The second kappa shape index (κ2) is 10.9. The third-order valence-electron chi connectivity index (χ3n) is 1.93. The lowest BCUT2D eigenvalue weighted by Gasteiger charge is -2.01. The molecule has 0 aliphatic heterocycles. The molecule has 14 heavy (non-hydrogen) atoms. The molecule has 0 heterocycles. The molecule has 0 atom stereocenters. The highest BCUT2D eigenvalue weighted by Crippen LogP contribution is 2.08. The number of ether oxygens (including phenoxy) is 1. The summed E-state index contributed by atoms with van der Waals surface area (Å²) in [6, 6.07) is 0. The molecular formula is C11H22O2S. The highest BCUT2D eigenvalue weighted by molar-refractivity contribution is 7.99. The number of unbranched alkanes of at least 4 members (excludes halogenated alkanes) is 3. The van der Waals surface area contributed by atoms with E-state index >= 15 is 0 Å². The highest BCUT2D eigenvalue weighted by atomic mass is 32.2. The van der Waals surface area contributed by atoms with Gasteiger partial charge in [0.1, 0.15) is 0 Å². The maximum atomic E-state index is 11.0. The van der Waals surface area contributed by atoms with Gasteiger partial charge in [0.05, 0.1) is 6.61 Å². The lowest BCUT2D eigenvalue weighted by Crippen LogP contribution is -2.03. The molecule has 3 heteroatoms. The van der Waals surface area contributed by atoms with Crippen molar-refractivity contribution in [2.45, 2.75) is 46.0 Å². The van der Waals surface area contributed by atoms with Gasteiger partial charge in [-0.1, -0.05) is 19.8 Å². The van der Waals surface area contributed by atoms with Crippen molar-refractivity contribution in [3.63, 3.8) is 0 Å². The third-order valence-corrected chi connectivity index (χ3v) is 2.91. The molecule has 0 unspecified atom stereocenters. The van der Waals surface area contributed by atoms with Gasteiger partial charge in [0.2, 0.25) is 0 Å². The zero-order valence-corrected chi connectivity index (χ0v) is 10.2. The molecule has 0 spiro atoms. The van der Waals surface area contributed by atoms with Gasteiger partial charge in [0, 0.05) is 6.42 Å². The molecule has 0 N–H and O–H groups in total. The number of esters is 1. The van der Waals surface area contributed by atoms with Crippen molar-refractivity contribution in [1.29, 1.82) is 0 Å². The maximum absolute atomic E-state index is 11.0. The summed E-state index contributed by atoms with van der Waals surface area (Å²) in [6.45, 7) is 4.54. The third kappa shape index (κ3) is 9.90. The van der Waals surface area contributed by atoms with Gasteiger partial charge in [-0.2, -0.15) is 11.8 Å². The number of rotatable bonds is 9. The summed E-state index contributed by atoms with van der Waals surface area (Å²) in [5, 5.41) is 0. The summed E-state index contributed by atoms with van der Waals surface area (Å²) in [5.41, 5.74) is 0. The molecule has 0 aromatic rings. The Morgan fingerprint density at radius 2 is 1.86 bits per heavy atom. The average molecular weight is 218 g/mol. The topological polar surface area (TPSA) is 26.3 Å². The first-order valence-corrected chi connectivity index (χ1v) is 6.70. The first-order valence-electron chi connectivity index (χ1n) is 5.54. The molecule has 0 aliphatic rings. The normalized spacial score (nSPS) is 10.1. The molecule has 0 aromatic heterocycles. The Bertz CT molecular complexity index is 137. The quantitative estimate of drug-likeness (QED) is 0.439. The van der Waals surface area contributed by atoms with Crippen LogP contribution in [-0.4, -0.2) is 24.1 Å². The highest BCUT2D eigenvalue weighted by Gasteiger charge is 2.00. The summed E-state index contributed by atoms with van der Waals surface area (Å²) in [5.74, 6) is 2.43. The van der Waals surface area contributed by atoms with Crippen molar-refractivity contribution in [2.75, 3.05) is 18.1 Å². The van der Waals surface area contributed by atoms with E-state index in [1.807, 2.05) is 18.7 Å². The van der Waals surface area contributed by atoms with E-state index < -0.39 is 0 Å². The first kappa shape index (κ1) is 13.8. The zero-order valence-electron chi connectivity index (χ0n) is 9.38. The lowest BCUT2D eigenvalue weighted by atomic mass is 10.1. The average Bonchev–Trinajstić information content (AvgIpc) is 2.17. The Balaban J connectivity index is 3.01. The number of thioether (sulfide) groups is 1. The molecule has 0 aliphatic carbocycles. The van der Waals surface area contributed by atoms with Crippen molar-refractivity contribution >= 4 is 17.7 Å². The summed E-state index contributed by atoms with van der Waals surface area (Å²) in [4.78, 5) is 11.0. The number of hydrogen-bond acceptors (Lipinski definition) is 3. The summed E-state index contributed by atoms with van der Waals surface area (Å²) < 4.78 is 4.84. The molecule has 0 fully saturated rings. The van der Waals surface area contributed by atoms with Crippen molar-refractivity contribution in [3.8, 4) is 0 Å². The van der Waals surface area contributed by atoms with Gasteiger partial charge in [0.25, 0.3) is 0 Å². The Labute approximate surface area is 91.8 Å². The number of carbonyl (C=O) groups excluding carboxylic acids is 1. The molecule has 0 rings (SSSR count). The van der Waals surface area contributed by atoms with Gasteiger partial charge >= 0.3 is 5.97 Å². The Kier molecular flexibility index (Phi) is 10.8. The Morgan fingerprint density at radius 1 is 1.14 bits per heavy atom. The van der Waals surface area contributed by atoms with Gasteiger partial charge in [-0.15, -0.1) is 0 Å². The molecule has 0 aromatic carbocycles. The van der Waals surface area contributed by atoms with Gasteiger partial charge in [-0.25, -0.2) is 0 Å². The van der Waals surface area contributed by atoms with E-state index in [1.165, 1.54) is 24.3 Å². The van der Waals surface area contributed by atoms with Crippen molar-refractivity contribution < 1.29 is 9.53 Å². The van der Waals surface area contributed by atoms with E-state index in [4.69, 9.17) is 4.74 Å². The SMILES string of the molecule is CCOC(=O)CCCCCCSCC. The smallest absolute Gasteiger partial charge is 0.305 e. The van der Waals surface area contributed by atoms with Gasteiger partial charge in [-0.05, 0) is 31.3 Å². The van der Waals surface area contributed by atoms with Gasteiger partial charge < -0.3 is 4.74 Å². The van der Waals surface area contributed by atoms with Gasteiger partial charge in [-0.3, -0.25) is 4.79 Å². The minimum absolute atomic E-state index is 0.0459. The predicted molar refractivity (Wildman–Crippen MR) is 62.7 cm³/mol. The van der Waals surface area contributed by atoms with E-state index in [1.54, 1.807) is 0 Å². The largest absolute Gasteiger partial charge is 0.466 e. The van der Waals surface area contributed by atoms with Crippen LogP contribution >= 0.6 is 11.8 Å². The summed E-state index contributed by atoms with van der Waals surface area (Å²) in [6.07, 6.45) is 5.25. The van der Waals surface area contributed by atoms with Crippen LogP contribution in [-0.2, 0) is 9.53 Å². The van der Waals surface area contributed by atoms with Crippen molar-refractivity contribution in [1.82, 2.24) is 0 Å². The lowest BCUT2D eigenvalue weighted by molar-refractivity contribution is -0.143. The molecule has 84 valence electrons. The van der Waals surface area contributed by atoms with Crippen LogP contribution in [0.15, 0.2) is 0 Å². The number of carbonyl (C=O) groups is 1. The molecule has 0 radical (unpaired) electrons. The summed E-state index contributed by atoms with van der Waals surface area (Å²) >= 11 is 1.99. The standard InChI is InChI=1S/C11H22O2S/c1-3-13-11(12)9-7-5-6-8-10-14-4-2/h3-10H2,1-2H3. The monoisotopic (exact) mass is 218 g/mol. The summed E-state index contributed by atoms with van der Waals surface area (Å²) in [7, 11) is 0. The molecule has 0 saturated carbocycles. The van der Waals surface area contributed by atoms with Gasteiger partial charge in [0.15, 0.2) is 0 Å². The van der Waals surface area contributed by atoms with E-state index in [2.05, 4.69) is 6.92 Å². The minimum atomic E-state index is -0.0459. The molecule has 0 bridgehead atoms. The fraction of sp³-hybridized carbons (Fsp3) is 0.909. The zero-order chi connectivity index (χ0) is 10.6. The minimum Gasteiger partial charge on any atom is -0.466 e. The predicted octanol–water partition coefficient (Wildman–Crippen LogP) is 3.25. The second-order valence-electron chi connectivity index (χ2n) is 3.17. The van der Waals surface area contributed by atoms with Crippen LogP contribution in [0.25, 0.3) is 0 Å². The number of hydrogen-bond donors (Lipinski definition) is 0. The van der Waals surface area contributed by atoms with Crippen molar-refractivity contribution in [2.24, 2.45) is 0 Å². The van der Waals surface area contributed by atoms with Crippen LogP contribution in [0.3, 0.4) is 0 Å². The fourth-order valence-corrected chi connectivity index (χ4v) is 1.90. The van der Waals surface area contributed by atoms with Crippen molar-refractivity contribution in [3.05, 3.63) is 0 Å². The van der Waals surface area contributed by atoms with Crippen LogP contribution in [0, 0.1) is 0 Å². The fourth-order valence-electron chi connectivity index (χ4n) is 1.20. The van der Waals surface area contributed by atoms with Crippen LogP contribution in [0.5, 0.6) is 0 Å². The van der Waals surface area contributed by atoms with E-state index in [9.17, 15) is 4.79 Å². The molecule has 2 nitrogen and oxygen atoms in total. The van der Waals surface area contributed by atoms with E-state index in [0.29, 0.717) is 13.0 Å². The first-order chi connectivity index (χ1) is 6.81. The molecule has 0 amide bonds. The van der Waals surface area contributed by atoms with E-state index in [-0.39, 0.29) is 5.97 Å². The van der Waals surface area contributed by atoms with Crippen LogP contribution in [0.2, 0.25) is 0 Å². The maximum Gasteiger partial charge on any atom is 0.305 e. The second-order valence-corrected chi connectivity index (χ2v) is 4.56. The molecular weight excluding hydrogens is 196 g/mol. The Hall–Kier alpha value is -0.180. The van der Waals surface area contributed by atoms with Crippen LogP contribution in [0.1, 0.15) is 46.0 Å². The van der Waals surface area contributed by atoms with Crippen LogP contribution < -0.4 is 0 Å². The van der Waals surface area contributed by atoms with E-state index in [0.717, 1.165) is 12.8 Å².